The van der Waals surface area contributed by atoms with E-state index in [1.54, 1.807) is 12.1 Å². The summed E-state index contributed by atoms with van der Waals surface area (Å²) in [4.78, 5) is 16.1. The molecule has 0 aliphatic carbocycles. The van der Waals surface area contributed by atoms with Crippen molar-refractivity contribution in [2.45, 2.75) is 26.2 Å². The lowest BCUT2D eigenvalue weighted by Gasteiger charge is -2.00. The van der Waals surface area contributed by atoms with Gasteiger partial charge in [-0.15, -0.1) is 11.3 Å². The van der Waals surface area contributed by atoms with Crippen molar-refractivity contribution >= 4 is 17.3 Å². The largest absolute Gasteiger partial charge is 0.481 e. The van der Waals surface area contributed by atoms with Crippen molar-refractivity contribution in [3.8, 4) is 11.3 Å². The zero-order chi connectivity index (χ0) is 13.8. The van der Waals surface area contributed by atoms with Gasteiger partial charge in [0.2, 0.25) is 0 Å². The van der Waals surface area contributed by atoms with Gasteiger partial charge < -0.3 is 5.11 Å². The molecule has 5 heteroatoms. The number of nitrogens with zero attached hydrogens (tertiary/aromatic N) is 1. The fraction of sp³-hybridized carbons (Fsp3) is 0.286. The molecule has 0 spiro atoms. The van der Waals surface area contributed by atoms with Crippen LogP contribution in [0.25, 0.3) is 11.3 Å². The lowest BCUT2D eigenvalue weighted by Crippen LogP contribution is -1.99. The minimum Gasteiger partial charge on any atom is -0.481 e. The van der Waals surface area contributed by atoms with Crippen molar-refractivity contribution in [3.63, 3.8) is 0 Å². The van der Waals surface area contributed by atoms with Crippen molar-refractivity contribution in [1.82, 2.24) is 4.98 Å². The van der Waals surface area contributed by atoms with Gasteiger partial charge >= 0.3 is 5.97 Å². The third-order valence-electron chi connectivity index (χ3n) is 2.63. The lowest BCUT2D eigenvalue weighted by molar-refractivity contribution is -0.136. The molecule has 100 valence electrons. The van der Waals surface area contributed by atoms with E-state index in [2.05, 4.69) is 11.9 Å². The molecule has 2 rings (SSSR count). The highest BCUT2D eigenvalue weighted by atomic mass is 32.1. The quantitative estimate of drug-likeness (QED) is 0.911. The van der Waals surface area contributed by atoms with Crippen LogP contribution in [-0.2, 0) is 17.6 Å². The Morgan fingerprint density at radius 3 is 2.63 bits per heavy atom. The molecule has 0 saturated heterocycles. The number of aromatic nitrogens is 1. The maximum atomic E-state index is 12.9. The molecule has 1 heterocycles. The number of aliphatic carboxylic acids is 1. The second kappa shape index (κ2) is 5.93. The Morgan fingerprint density at radius 2 is 2.05 bits per heavy atom. The van der Waals surface area contributed by atoms with E-state index < -0.39 is 5.97 Å². The molecule has 0 amide bonds. The molecule has 0 aliphatic rings. The van der Waals surface area contributed by atoms with E-state index in [1.165, 1.54) is 23.5 Å². The topological polar surface area (TPSA) is 50.2 Å². The fourth-order valence-electron chi connectivity index (χ4n) is 1.81. The van der Waals surface area contributed by atoms with E-state index in [9.17, 15) is 9.18 Å². The Balaban J connectivity index is 2.41. The molecule has 0 bridgehead atoms. The van der Waals surface area contributed by atoms with Crippen LogP contribution in [0.15, 0.2) is 24.3 Å². The third kappa shape index (κ3) is 3.38. The average Bonchev–Trinajstić information content (AvgIpc) is 2.72. The highest BCUT2D eigenvalue weighted by Gasteiger charge is 2.15. The first-order valence-electron chi connectivity index (χ1n) is 6.06. The highest BCUT2D eigenvalue weighted by Crippen LogP contribution is 2.29. The van der Waals surface area contributed by atoms with Crippen LogP contribution in [0.2, 0.25) is 0 Å². The van der Waals surface area contributed by atoms with Crippen molar-refractivity contribution in [2.75, 3.05) is 0 Å². The molecule has 0 aliphatic heterocycles. The first-order valence-corrected chi connectivity index (χ1v) is 6.88. The molecule has 0 unspecified atom stereocenters. The summed E-state index contributed by atoms with van der Waals surface area (Å²) in [7, 11) is 0. The van der Waals surface area contributed by atoms with E-state index in [0.717, 1.165) is 28.3 Å². The number of halogens is 1. The first-order chi connectivity index (χ1) is 9.10. The van der Waals surface area contributed by atoms with Gasteiger partial charge in [0, 0.05) is 10.4 Å². The number of hydrogen-bond acceptors (Lipinski definition) is 3. The average molecular weight is 279 g/mol. The number of carbonyl (C=O) groups is 1. The van der Waals surface area contributed by atoms with Crippen LogP contribution in [0.4, 0.5) is 4.39 Å². The molecule has 1 aromatic heterocycles. The molecule has 1 N–H and O–H groups in total. The Labute approximate surface area is 114 Å². The number of thiazole rings is 1. The molecular weight excluding hydrogens is 265 g/mol. The van der Waals surface area contributed by atoms with Crippen molar-refractivity contribution in [3.05, 3.63) is 40.0 Å². The summed E-state index contributed by atoms with van der Waals surface area (Å²) in [6.07, 6.45) is 1.75. The maximum Gasteiger partial charge on any atom is 0.308 e. The van der Waals surface area contributed by atoms with Gasteiger partial charge in [-0.05, 0) is 37.1 Å². The van der Waals surface area contributed by atoms with Crippen LogP contribution in [0.3, 0.4) is 0 Å². The SMILES string of the molecule is CCCc1nc(-c2ccc(F)cc2)c(CC(=O)O)s1. The number of rotatable bonds is 5. The molecule has 0 fully saturated rings. The summed E-state index contributed by atoms with van der Waals surface area (Å²) in [6.45, 7) is 2.05. The van der Waals surface area contributed by atoms with E-state index in [-0.39, 0.29) is 12.2 Å². The number of hydrogen-bond donors (Lipinski definition) is 1. The summed E-state index contributed by atoms with van der Waals surface area (Å²) in [5, 5.41) is 9.87. The predicted molar refractivity (Wildman–Crippen MR) is 72.8 cm³/mol. The zero-order valence-corrected chi connectivity index (χ0v) is 11.3. The van der Waals surface area contributed by atoms with Crippen LogP contribution in [-0.4, -0.2) is 16.1 Å². The van der Waals surface area contributed by atoms with E-state index in [1.807, 2.05) is 0 Å². The normalized spacial score (nSPS) is 10.6. The molecule has 0 atom stereocenters. The third-order valence-corrected chi connectivity index (χ3v) is 3.75. The molecule has 3 nitrogen and oxygen atoms in total. The minimum absolute atomic E-state index is 0.0475. The van der Waals surface area contributed by atoms with Crippen LogP contribution in [0, 0.1) is 5.82 Å². The van der Waals surface area contributed by atoms with Gasteiger partial charge in [-0.25, -0.2) is 9.37 Å². The number of carboxylic acids is 1. The van der Waals surface area contributed by atoms with Gasteiger partial charge in [0.15, 0.2) is 0 Å². The van der Waals surface area contributed by atoms with Crippen LogP contribution in [0.5, 0.6) is 0 Å². The maximum absolute atomic E-state index is 12.9. The van der Waals surface area contributed by atoms with Gasteiger partial charge in [0.25, 0.3) is 0 Å². The smallest absolute Gasteiger partial charge is 0.308 e. The van der Waals surface area contributed by atoms with Gasteiger partial charge in [-0.3, -0.25) is 4.79 Å². The van der Waals surface area contributed by atoms with Gasteiger partial charge in [-0.2, -0.15) is 0 Å². The van der Waals surface area contributed by atoms with Crippen molar-refractivity contribution in [1.29, 1.82) is 0 Å². The van der Waals surface area contributed by atoms with Crippen LogP contribution >= 0.6 is 11.3 Å². The summed E-state index contributed by atoms with van der Waals surface area (Å²) in [6, 6.07) is 5.98. The van der Waals surface area contributed by atoms with E-state index >= 15 is 0 Å². The predicted octanol–water partition coefficient (Wildman–Crippen LogP) is 3.53. The highest BCUT2D eigenvalue weighted by molar-refractivity contribution is 7.12. The van der Waals surface area contributed by atoms with Gasteiger partial charge in [0.1, 0.15) is 5.82 Å². The van der Waals surface area contributed by atoms with Gasteiger partial charge in [-0.1, -0.05) is 6.92 Å². The Kier molecular flexibility index (Phi) is 4.27. The Hall–Kier alpha value is -1.75. The second-order valence-electron chi connectivity index (χ2n) is 4.21. The molecule has 19 heavy (non-hydrogen) atoms. The van der Waals surface area contributed by atoms with E-state index in [4.69, 9.17) is 5.11 Å². The van der Waals surface area contributed by atoms with Crippen LogP contribution in [0.1, 0.15) is 23.2 Å². The summed E-state index contributed by atoms with van der Waals surface area (Å²) in [5.41, 5.74) is 1.42. The van der Waals surface area contributed by atoms with Crippen LogP contribution < -0.4 is 0 Å². The number of aryl methyl sites for hydroxylation is 1. The summed E-state index contributed by atoms with van der Waals surface area (Å²) in [5.74, 6) is -1.19. The molecule has 0 saturated carbocycles. The standard InChI is InChI=1S/C14H14FNO2S/c1-2-3-12-16-14(11(19-12)8-13(17)18)9-4-6-10(15)7-5-9/h4-7H,2-3,8H2,1H3,(H,17,18). The monoisotopic (exact) mass is 279 g/mol. The minimum atomic E-state index is -0.880. The summed E-state index contributed by atoms with van der Waals surface area (Å²) < 4.78 is 12.9. The first kappa shape index (κ1) is 13.7. The zero-order valence-electron chi connectivity index (χ0n) is 10.5. The molecular formula is C14H14FNO2S. The number of carboxylic acid groups (broad SMARTS) is 1. The lowest BCUT2D eigenvalue weighted by atomic mass is 10.1. The fourth-order valence-corrected chi connectivity index (χ4v) is 3.00. The molecule has 1 aromatic carbocycles. The second-order valence-corrected chi connectivity index (χ2v) is 5.37. The van der Waals surface area contributed by atoms with E-state index in [0.29, 0.717) is 5.69 Å². The van der Waals surface area contributed by atoms with Crippen molar-refractivity contribution in [2.24, 2.45) is 0 Å². The summed E-state index contributed by atoms with van der Waals surface area (Å²) >= 11 is 1.43. The number of benzene rings is 1. The van der Waals surface area contributed by atoms with Gasteiger partial charge in [0.05, 0.1) is 17.1 Å². The Bertz CT molecular complexity index is 578. The van der Waals surface area contributed by atoms with Crippen molar-refractivity contribution < 1.29 is 14.3 Å². The molecule has 0 radical (unpaired) electrons. The molecule has 2 aromatic rings. The Morgan fingerprint density at radius 1 is 1.37 bits per heavy atom.